The Morgan fingerprint density at radius 1 is 1.07 bits per heavy atom. The number of thioether (sulfide) groups is 1. The summed E-state index contributed by atoms with van der Waals surface area (Å²) in [4.78, 5) is 4.34. The van der Waals surface area contributed by atoms with Crippen molar-refractivity contribution in [2.24, 2.45) is 0 Å². The van der Waals surface area contributed by atoms with Gasteiger partial charge in [0.15, 0.2) is 0 Å². The van der Waals surface area contributed by atoms with E-state index in [1.165, 1.54) is 23.4 Å². The molecule has 0 amide bonds. The number of alkyl halides is 3. The Balaban J connectivity index is 1.60. The number of benzene rings is 2. The lowest BCUT2D eigenvalue weighted by Gasteiger charge is -2.07. The predicted molar refractivity (Wildman–Crippen MR) is 107 cm³/mol. The van der Waals surface area contributed by atoms with Gasteiger partial charge >= 0.3 is 6.18 Å². The average Bonchev–Trinajstić information content (AvgIpc) is 3.12. The fraction of sp³-hybridized carbons (Fsp3) is 0.238. The van der Waals surface area contributed by atoms with E-state index in [1.807, 2.05) is 24.3 Å². The van der Waals surface area contributed by atoms with Crippen LogP contribution >= 0.6 is 11.8 Å². The molecule has 0 saturated heterocycles. The number of aromatic amines is 1. The number of H-pyrrole nitrogens is 1. The Labute approximate surface area is 166 Å². The van der Waals surface area contributed by atoms with E-state index in [1.54, 1.807) is 6.07 Å². The fourth-order valence-electron chi connectivity index (χ4n) is 2.55. The van der Waals surface area contributed by atoms with Gasteiger partial charge in [-0.2, -0.15) is 13.2 Å². The zero-order valence-corrected chi connectivity index (χ0v) is 16.3. The maximum atomic E-state index is 12.8. The van der Waals surface area contributed by atoms with Crippen molar-refractivity contribution in [3.63, 3.8) is 0 Å². The SMILES string of the molecule is CC(C)c1ccc(/C=C/c2nc(SCc3cccc(C(F)(F)F)c3)n[nH]2)cc1. The molecule has 1 heterocycles. The van der Waals surface area contributed by atoms with Crippen LogP contribution in [-0.4, -0.2) is 15.2 Å². The first kappa shape index (κ1) is 20.2. The van der Waals surface area contributed by atoms with Crippen molar-refractivity contribution < 1.29 is 13.2 Å². The highest BCUT2D eigenvalue weighted by Gasteiger charge is 2.30. The van der Waals surface area contributed by atoms with Crippen molar-refractivity contribution in [1.82, 2.24) is 15.2 Å². The number of rotatable bonds is 6. The molecule has 0 saturated carbocycles. The monoisotopic (exact) mass is 403 g/mol. The Morgan fingerprint density at radius 3 is 2.50 bits per heavy atom. The summed E-state index contributed by atoms with van der Waals surface area (Å²) >= 11 is 1.29. The molecule has 1 aromatic heterocycles. The quantitative estimate of drug-likeness (QED) is 0.484. The normalized spacial score (nSPS) is 12.2. The van der Waals surface area contributed by atoms with Gasteiger partial charge in [-0.1, -0.05) is 74.1 Å². The first-order chi connectivity index (χ1) is 13.3. The minimum Gasteiger partial charge on any atom is -0.259 e. The molecule has 0 unspecified atom stereocenters. The average molecular weight is 403 g/mol. The molecule has 0 aliphatic carbocycles. The maximum absolute atomic E-state index is 12.8. The van der Waals surface area contributed by atoms with Gasteiger partial charge in [-0.3, -0.25) is 5.10 Å². The fourth-order valence-corrected chi connectivity index (χ4v) is 3.30. The number of nitrogens with one attached hydrogen (secondary N) is 1. The van der Waals surface area contributed by atoms with Crippen molar-refractivity contribution in [3.05, 3.63) is 76.6 Å². The molecule has 0 aliphatic heterocycles. The molecular formula is C21H20F3N3S. The molecule has 2 aromatic carbocycles. The number of halogens is 3. The Kier molecular flexibility index (Phi) is 6.24. The molecule has 0 atom stereocenters. The molecule has 146 valence electrons. The van der Waals surface area contributed by atoms with Crippen LogP contribution in [0, 0.1) is 0 Å². The summed E-state index contributed by atoms with van der Waals surface area (Å²) in [6.45, 7) is 4.30. The van der Waals surface area contributed by atoms with Gasteiger partial charge in [0, 0.05) is 5.75 Å². The van der Waals surface area contributed by atoms with Crippen LogP contribution in [-0.2, 0) is 11.9 Å². The van der Waals surface area contributed by atoms with Crippen LogP contribution in [0.25, 0.3) is 12.2 Å². The van der Waals surface area contributed by atoms with Crippen LogP contribution in [0.15, 0.2) is 53.7 Å². The summed E-state index contributed by atoms with van der Waals surface area (Å²) < 4.78 is 38.3. The number of nitrogens with zero attached hydrogens (tertiary/aromatic N) is 2. The smallest absolute Gasteiger partial charge is 0.259 e. The van der Waals surface area contributed by atoms with Crippen molar-refractivity contribution in [2.45, 2.75) is 36.9 Å². The van der Waals surface area contributed by atoms with Gasteiger partial charge in [-0.25, -0.2) is 4.98 Å². The largest absolute Gasteiger partial charge is 0.416 e. The molecule has 0 radical (unpaired) electrons. The molecular weight excluding hydrogens is 383 g/mol. The Hall–Kier alpha value is -2.54. The summed E-state index contributed by atoms with van der Waals surface area (Å²) in [5, 5.41) is 7.43. The van der Waals surface area contributed by atoms with Gasteiger partial charge in [-0.15, -0.1) is 5.10 Å². The van der Waals surface area contributed by atoms with E-state index in [0.717, 1.165) is 17.7 Å². The summed E-state index contributed by atoms with van der Waals surface area (Å²) in [5.41, 5.74) is 2.27. The Bertz CT molecular complexity index is 944. The lowest BCUT2D eigenvalue weighted by atomic mass is 10.0. The Morgan fingerprint density at radius 2 is 1.82 bits per heavy atom. The summed E-state index contributed by atoms with van der Waals surface area (Å²) in [6.07, 6.45) is -0.575. The second kappa shape index (κ2) is 8.65. The van der Waals surface area contributed by atoms with Gasteiger partial charge < -0.3 is 0 Å². The van der Waals surface area contributed by atoms with Crippen LogP contribution in [0.1, 0.15) is 47.8 Å². The van der Waals surface area contributed by atoms with Crippen LogP contribution in [0.5, 0.6) is 0 Å². The molecule has 3 rings (SSSR count). The second-order valence-electron chi connectivity index (χ2n) is 6.64. The highest BCUT2D eigenvalue weighted by Crippen LogP contribution is 2.30. The maximum Gasteiger partial charge on any atom is 0.416 e. The third-order valence-corrected chi connectivity index (χ3v) is 5.06. The summed E-state index contributed by atoms with van der Waals surface area (Å²) in [7, 11) is 0. The molecule has 0 spiro atoms. The molecule has 0 fully saturated rings. The van der Waals surface area contributed by atoms with E-state index in [4.69, 9.17) is 0 Å². The van der Waals surface area contributed by atoms with Crippen LogP contribution in [0.3, 0.4) is 0 Å². The van der Waals surface area contributed by atoms with Crippen molar-refractivity contribution >= 4 is 23.9 Å². The lowest BCUT2D eigenvalue weighted by molar-refractivity contribution is -0.137. The van der Waals surface area contributed by atoms with Crippen molar-refractivity contribution in [3.8, 4) is 0 Å². The minimum absolute atomic E-state index is 0.363. The van der Waals surface area contributed by atoms with E-state index in [2.05, 4.69) is 41.2 Å². The van der Waals surface area contributed by atoms with Crippen LogP contribution in [0.4, 0.5) is 13.2 Å². The third-order valence-electron chi connectivity index (χ3n) is 4.14. The standard InChI is InChI=1S/C21H20F3N3S/c1-14(2)17-9-6-15(7-10-17)8-11-19-25-20(27-26-19)28-13-16-4-3-5-18(12-16)21(22,23)24/h3-12,14H,13H2,1-2H3,(H,25,26,27)/b11-8+. The van der Waals surface area contributed by atoms with E-state index >= 15 is 0 Å². The topological polar surface area (TPSA) is 41.6 Å². The van der Waals surface area contributed by atoms with Gasteiger partial charge in [0.1, 0.15) is 5.82 Å². The first-order valence-electron chi connectivity index (χ1n) is 8.80. The van der Waals surface area contributed by atoms with Gasteiger partial charge in [-0.05, 0) is 34.8 Å². The van der Waals surface area contributed by atoms with Gasteiger partial charge in [0.05, 0.1) is 5.56 Å². The number of hydrogen-bond acceptors (Lipinski definition) is 3. The second-order valence-corrected chi connectivity index (χ2v) is 7.59. The lowest BCUT2D eigenvalue weighted by Crippen LogP contribution is -2.04. The van der Waals surface area contributed by atoms with Gasteiger partial charge in [0.2, 0.25) is 5.16 Å². The van der Waals surface area contributed by atoms with E-state index in [0.29, 0.717) is 28.2 Å². The number of aromatic nitrogens is 3. The molecule has 28 heavy (non-hydrogen) atoms. The highest BCUT2D eigenvalue weighted by molar-refractivity contribution is 7.98. The first-order valence-corrected chi connectivity index (χ1v) is 9.79. The molecule has 7 heteroatoms. The summed E-state index contributed by atoms with van der Waals surface area (Å²) in [5.74, 6) is 1.45. The summed E-state index contributed by atoms with van der Waals surface area (Å²) in [6, 6.07) is 13.6. The number of hydrogen-bond donors (Lipinski definition) is 1. The molecule has 0 aliphatic rings. The third kappa shape index (κ3) is 5.48. The molecule has 3 aromatic rings. The van der Waals surface area contributed by atoms with Crippen LogP contribution < -0.4 is 0 Å². The van der Waals surface area contributed by atoms with E-state index in [9.17, 15) is 13.2 Å². The minimum atomic E-state index is -4.34. The van der Waals surface area contributed by atoms with E-state index < -0.39 is 11.7 Å². The molecule has 3 nitrogen and oxygen atoms in total. The zero-order valence-electron chi connectivity index (χ0n) is 15.5. The van der Waals surface area contributed by atoms with Gasteiger partial charge in [0.25, 0.3) is 0 Å². The van der Waals surface area contributed by atoms with Crippen molar-refractivity contribution in [1.29, 1.82) is 0 Å². The highest BCUT2D eigenvalue weighted by atomic mass is 32.2. The van der Waals surface area contributed by atoms with Crippen LogP contribution in [0.2, 0.25) is 0 Å². The molecule has 0 bridgehead atoms. The van der Waals surface area contributed by atoms with E-state index in [-0.39, 0.29) is 0 Å². The van der Waals surface area contributed by atoms with Crippen molar-refractivity contribution in [2.75, 3.05) is 0 Å². The predicted octanol–water partition coefficient (Wildman–Crippen LogP) is 6.41. The molecule has 1 N–H and O–H groups in total. The zero-order chi connectivity index (χ0) is 20.1.